The highest BCUT2D eigenvalue weighted by atomic mass is 16.3. The van der Waals surface area contributed by atoms with Crippen molar-refractivity contribution in [3.05, 3.63) is 206 Å². The first-order valence-corrected chi connectivity index (χ1v) is 19.5. The zero-order chi connectivity index (χ0) is 37.5. The van der Waals surface area contributed by atoms with E-state index in [1.807, 2.05) is 12.1 Å². The fourth-order valence-corrected chi connectivity index (χ4v) is 9.00. The van der Waals surface area contributed by atoms with Gasteiger partial charge in [0.2, 0.25) is 0 Å². The number of para-hydroxylation sites is 3. The molecule has 0 aliphatic heterocycles. The van der Waals surface area contributed by atoms with Crippen molar-refractivity contribution in [1.82, 2.24) is 9.13 Å². The zero-order valence-electron chi connectivity index (χ0n) is 30.9. The summed E-state index contributed by atoms with van der Waals surface area (Å²) in [5, 5.41) is 7.27. The van der Waals surface area contributed by atoms with Crippen molar-refractivity contribution >= 4 is 65.6 Å². The number of nitrogens with zero attached hydrogens (tertiary/aromatic N) is 2. The van der Waals surface area contributed by atoms with Gasteiger partial charge in [0, 0.05) is 43.7 Å². The summed E-state index contributed by atoms with van der Waals surface area (Å²) in [7, 11) is 0. The minimum absolute atomic E-state index is 0.915. The summed E-state index contributed by atoms with van der Waals surface area (Å²) in [6, 6.07) is 74.6. The molecule has 3 heteroatoms. The summed E-state index contributed by atoms with van der Waals surface area (Å²) in [5.74, 6) is 0. The Bertz CT molecular complexity index is 3490. The lowest BCUT2D eigenvalue weighted by molar-refractivity contribution is 0.669. The van der Waals surface area contributed by atoms with Crippen molar-refractivity contribution < 1.29 is 4.42 Å². The number of hydrogen-bond donors (Lipinski definition) is 0. The van der Waals surface area contributed by atoms with Gasteiger partial charge in [-0.2, -0.15) is 0 Å². The van der Waals surface area contributed by atoms with Crippen LogP contribution in [0.3, 0.4) is 0 Å². The Hall–Kier alpha value is -7.62. The molecular weight excluding hydrogens is 693 g/mol. The van der Waals surface area contributed by atoms with Crippen LogP contribution in [0.4, 0.5) is 0 Å². The first-order valence-electron chi connectivity index (χ1n) is 19.5. The Morgan fingerprint density at radius 3 is 1.23 bits per heavy atom. The average Bonchev–Trinajstić information content (AvgIpc) is 3.94. The van der Waals surface area contributed by atoms with Crippen molar-refractivity contribution in [2.75, 3.05) is 0 Å². The minimum Gasteiger partial charge on any atom is -0.456 e. The van der Waals surface area contributed by atoms with Gasteiger partial charge in [-0.25, -0.2) is 0 Å². The molecule has 0 bridgehead atoms. The van der Waals surface area contributed by atoms with Gasteiger partial charge in [0.1, 0.15) is 11.2 Å². The zero-order valence-corrected chi connectivity index (χ0v) is 30.9. The van der Waals surface area contributed by atoms with Gasteiger partial charge in [-0.15, -0.1) is 0 Å². The van der Waals surface area contributed by atoms with Crippen molar-refractivity contribution in [3.63, 3.8) is 0 Å². The summed E-state index contributed by atoms with van der Waals surface area (Å²) in [4.78, 5) is 0. The Morgan fingerprint density at radius 2 is 0.632 bits per heavy atom. The lowest BCUT2D eigenvalue weighted by Crippen LogP contribution is -1.94. The van der Waals surface area contributed by atoms with Gasteiger partial charge in [0.15, 0.2) is 0 Å². The van der Waals surface area contributed by atoms with Crippen LogP contribution in [0.1, 0.15) is 0 Å². The Morgan fingerprint density at radius 1 is 0.246 bits per heavy atom. The van der Waals surface area contributed by atoms with Gasteiger partial charge in [0.25, 0.3) is 0 Å². The third-order valence-electron chi connectivity index (χ3n) is 11.7. The van der Waals surface area contributed by atoms with Gasteiger partial charge < -0.3 is 13.6 Å². The third kappa shape index (κ3) is 4.99. The normalized spacial score (nSPS) is 11.9. The molecular formula is C54H34N2O. The summed E-state index contributed by atoms with van der Waals surface area (Å²) in [5.41, 5.74) is 16.1. The van der Waals surface area contributed by atoms with E-state index in [0.717, 1.165) is 33.3 Å². The lowest BCUT2D eigenvalue weighted by atomic mass is 10.0. The molecule has 266 valence electrons. The Balaban J connectivity index is 0.935. The molecule has 0 fully saturated rings. The molecule has 57 heavy (non-hydrogen) atoms. The van der Waals surface area contributed by atoms with Crippen LogP contribution >= 0.6 is 0 Å². The molecule has 3 heterocycles. The van der Waals surface area contributed by atoms with Gasteiger partial charge in [0.05, 0.1) is 22.1 Å². The summed E-state index contributed by atoms with van der Waals surface area (Å²) in [6.45, 7) is 0. The monoisotopic (exact) mass is 726 g/mol. The van der Waals surface area contributed by atoms with E-state index >= 15 is 0 Å². The van der Waals surface area contributed by atoms with Crippen LogP contribution in [0.5, 0.6) is 0 Å². The number of fused-ring (bicyclic) bond motifs is 9. The second kappa shape index (κ2) is 12.5. The third-order valence-corrected chi connectivity index (χ3v) is 11.7. The van der Waals surface area contributed by atoms with E-state index < -0.39 is 0 Å². The predicted octanol–water partition coefficient (Wildman–Crippen LogP) is 14.8. The fourth-order valence-electron chi connectivity index (χ4n) is 9.00. The highest BCUT2D eigenvalue weighted by molar-refractivity contribution is 6.13. The average molecular weight is 727 g/mol. The standard InChI is InChI=1S/C54H34N2O/c1-2-10-35(11-3-1)36-18-25-41(26-19-36)55-49-15-7-4-12-43(49)46-32-39(22-29-51(46)55)40-23-30-52-47(33-40)44-13-5-8-16-50(44)56(52)42-27-20-37(21-28-42)38-24-31-54-48(34-38)45-14-6-9-17-53(45)57-54/h1-34H. The molecule has 3 nitrogen and oxygen atoms in total. The fraction of sp³-hybridized carbons (Fsp3) is 0. The van der Waals surface area contributed by atoms with Crippen molar-refractivity contribution in [2.24, 2.45) is 0 Å². The number of furan rings is 1. The van der Waals surface area contributed by atoms with Crippen LogP contribution in [0.15, 0.2) is 211 Å². The molecule has 0 atom stereocenters. The maximum Gasteiger partial charge on any atom is 0.135 e. The SMILES string of the molecule is c1ccc(-c2ccc(-n3c4ccccc4c4cc(-c5ccc6c(c5)c5ccccc5n6-c5ccc(-c6ccc7oc8ccccc8c7c6)cc5)ccc43)cc2)cc1. The summed E-state index contributed by atoms with van der Waals surface area (Å²) >= 11 is 0. The molecule has 0 radical (unpaired) electrons. The second-order valence-corrected chi connectivity index (χ2v) is 14.9. The summed E-state index contributed by atoms with van der Waals surface area (Å²) in [6.07, 6.45) is 0. The number of hydrogen-bond acceptors (Lipinski definition) is 1. The maximum absolute atomic E-state index is 6.09. The van der Waals surface area contributed by atoms with Gasteiger partial charge in [-0.3, -0.25) is 0 Å². The molecule has 0 unspecified atom stereocenters. The molecule has 0 spiro atoms. The molecule has 12 rings (SSSR count). The van der Waals surface area contributed by atoms with Crippen molar-refractivity contribution in [3.8, 4) is 44.8 Å². The topological polar surface area (TPSA) is 23.0 Å². The molecule has 3 aromatic heterocycles. The van der Waals surface area contributed by atoms with Crippen LogP contribution in [0.2, 0.25) is 0 Å². The van der Waals surface area contributed by atoms with E-state index in [9.17, 15) is 0 Å². The van der Waals surface area contributed by atoms with E-state index in [2.05, 4.69) is 203 Å². The first-order chi connectivity index (χ1) is 28.2. The minimum atomic E-state index is 0.915. The highest BCUT2D eigenvalue weighted by Gasteiger charge is 2.17. The Kier molecular flexibility index (Phi) is 6.93. The van der Waals surface area contributed by atoms with E-state index in [0.29, 0.717) is 0 Å². The van der Waals surface area contributed by atoms with Crippen molar-refractivity contribution in [2.45, 2.75) is 0 Å². The lowest BCUT2D eigenvalue weighted by Gasteiger charge is -2.11. The smallest absolute Gasteiger partial charge is 0.135 e. The van der Waals surface area contributed by atoms with E-state index in [4.69, 9.17) is 4.42 Å². The molecule has 12 aromatic rings. The second-order valence-electron chi connectivity index (χ2n) is 14.9. The maximum atomic E-state index is 6.09. The van der Waals surface area contributed by atoms with Crippen LogP contribution in [0, 0.1) is 0 Å². The van der Waals surface area contributed by atoms with Gasteiger partial charge in [-0.05, 0) is 112 Å². The number of rotatable bonds is 5. The van der Waals surface area contributed by atoms with Crippen molar-refractivity contribution in [1.29, 1.82) is 0 Å². The number of aromatic nitrogens is 2. The predicted molar refractivity (Wildman–Crippen MR) is 239 cm³/mol. The Labute approximate surface area is 328 Å². The van der Waals surface area contributed by atoms with Crippen LogP contribution in [-0.2, 0) is 0 Å². The first kappa shape index (κ1) is 31.7. The number of benzene rings is 9. The molecule has 0 aliphatic rings. The van der Waals surface area contributed by atoms with Crippen LogP contribution in [-0.4, -0.2) is 9.13 Å². The molecule has 9 aromatic carbocycles. The van der Waals surface area contributed by atoms with Gasteiger partial charge in [-0.1, -0.05) is 127 Å². The van der Waals surface area contributed by atoms with Gasteiger partial charge >= 0.3 is 0 Å². The largest absolute Gasteiger partial charge is 0.456 e. The van der Waals surface area contributed by atoms with Crippen LogP contribution < -0.4 is 0 Å². The highest BCUT2D eigenvalue weighted by Crippen LogP contribution is 2.39. The van der Waals surface area contributed by atoms with E-state index in [1.165, 1.54) is 77.0 Å². The summed E-state index contributed by atoms with van der Waals surface area (Å²) < 4.78 is 10.9. The van der Waals surface area contributed by atoms with E-state index in [-0.39, 0.29) is 0 Å². The quantitative estimate of drug-likeness (QED) is 0.173. The van der Waals surface area contributed by atoms with E-state index in [1.54, 1.807) is 0 Å². The molecule has 0 amide bonds. The molecule has 0 saturated carbocycles. The molecule has 0 N–H and O–H groups in total. The van der Waals surface area contributed by atoms with Crippen LogP contribution in [0.25, 0.3) is 110 Å². The molecule has 0 aliphatic carbocycles. The molecule has 0 saturated heterocycles.